The number of nitrogens with zero attached hydrogens (tertiary/aromatic N) is 2. The minimum absolute atomic E-state index is 0.156. The predicted molar refractivity (Wildman–Crippen MR) is 111 cm³/mol. The van der Waals surface area contributed by atoms with E-state index >= 15 is 0 Å². The van der Waals surface area contributed by atoms with Gasteiger partial charge in [-0.05, 0) is 36.8 Å². The van der Waals surface area contributed by atoms with Crippen LogP contribution in [0.15, 0.2) is 64.4 Å². The normalized spacial score (nSPS) is 10.6. The predicted octanol–water partition coefficient (Wildman–Crippen LogP) is 5.21. The number of benzene rings is 2. The van der Waals surface area contributed by atoms with E-state index in [-0.39, 0.29) is 5.91 Å². The lowest BCUT2D eigenvalue weighted by Crippen LogP contribution is -2.09. The van der Waals surface area contributed by atoms with Crippen molar-refractivity contribution in [3.05, 3.63) is 54.6 Å². The maximum atomic E-state index is 11.5. The third kappa shape index (κ3) is 4.45. The molecule has 0 unspecified atom stereocenters. The van der Waals surface area contributed by atoms with Crippen molar-refractivity contribution in [2.24, 2.45) is 0 Å². The van der Waals surface area contributed by atoms with Gasteiger partial charge in [0.25, 0.3) is 0 Å². The van der Waals surface area contributed by atoms with Crippen molar-refractivity contribution in [3.63, 3.8) is 0 Å². The molecule has 0 aliphatic rings. The molecule has 132 valence electrons. The second kappa shape index (κ2) is 8.38. The minimum Gasteiger partial charge on any atom is -0.311 e. The Morgan fingerprint density at radius 3 is 1.88 bits per heavy atom. The van der Waals surface area contributed by atoms with Gasteiger partial charge in [-0.15, -0.1) is 23.5 Å². The van der Waals surface area contributed by atoms with Crippen LogP contribution in [0, 0.1) is 0 Å². The Labute approximate surface area is 161 Å². The summed E-state index contributed by atoms with van der Waals surface area (Å²) in [5.74, 6) is 0.935. The van der Waals surface area contributed by atoms with Crippen molar-refractivity contribution < 1.29 is 4.79 Å². The Morgan fingerprint density at radius 2 is 1.38 bits per heavy atom. The van der Waals surface area contributed by atoms with Crippen molar-refractivity contribution >= 4 is 35.2 Å². The highest BCUT2D eigenvalue weighted by molar-refractivity contribution is 7.98. The van der Waals surface area contributed by atoms with Gasteiger partial charge in [-0.25, -0.2) is 9.97 Å². The van der Waals surface area contributed by atoms with Crippen LogP contribution >= 0.6 is 23.5 Å². The van der Waals surface area contributed by atoms with Crippen molar-refractivity contribution in [2.75, 3.05) is 17.8 Å². The first-order valence-corrected chi connectivity index (χ1v) is 10.5. The van der Waals surface area contributed by atoms with Gasteiger partial charge in [0.15, 0.2) is 5.82 Å². The first-order chi connectivity index (χ1) is 12.6. The highest BCUT2D eigenvalue weighted by atomic mass is 32.2. The number of carbonyl (C=O) groups is 1. The molecule has 1 N–H and O–H groups in total. The summed E-state index contributed by atoms with van der Waals surface area (Å²) in [6.45, 7) is 1.47. The second-order valence-corrected chi connectivity index (χ2v) is 7.36. The van der Waals surface area contributed by atoms with Gasteiger partial charge in [-0.3, -0.25) is 4.79 Å². The Bertz CT molecular complexity index is 844. The third-order valence-corrected chi connectivity index (χ3v) is 5.25. The molecule has 0 aliphatic heterocycles. The topological polar surface area (TPSA) is 54.9 Å². The fourth-order valence-electron chi connectivity index (χ4n) is 2.47. The molecule has 0 radical (unpaired) electrons. The first kappa shape index (κ1) is 18.5. The number of hydrogen-bond donors (Lipinski definition) is 1. The molecule has 26 heavy (non-hydrogen) atoms. The number of nitrogens with one attached hydrogen (secondary N) is 1. The summed E-state index contributed by atoms with van der Waals surface area (Å²) in [7, 11) is 0. The molecule has 2 aromatic carbocycles. The van der Waals surface area contributed by atoms with E-state index in [1.807, 2.05) is 48.9 Å². The Morgan fingerprint density at radius 1 is 0.846 bits per heavy atom. The number of aromatic nitrogens is 2. The van der Waals surface area contributed by atoms with E-state index in [2.05, 4.69) is 22.4 Å². The molecule has 3 rings (SSSR count). The second-order valence-electron chi connectivity index (χ2n) is 5.60. The van der Waals surface area contributed by atoms with E-state index in [0.717, 1.165) is 16.8 Å². The van der Waals surface area contributed by atoms with Gasteiger partial charge < -0.3 is 5.32 Å². The van der Waals surface area contributed by atoms with Crippen molar-refractivity contribution in [2.45, 2.75) is 16.7 Å². The standard InChI is InChI=1S/C20H19N3OS2/c1-13(24)21-19-12-18(14-4-8-16(25-2)9-5-14)22-20(23-19)15-6-10-17(26-3)11-7-15/h4-12H,1-3H3,(H,21,22,23,24). The van der Waals surface area contributed by atoms with Crippen LogP contribution in [-0.2, 0) is 4.79 Å². The minimum atomic E-state index is -0.156. The van der Waals surface area contributed by atoms with Crippen molar-refractivity contribution in [1.82, 2.24) is 9.97 Å². The maximum Gasteiger partial charge on any atom is 0.222 e. The lowest BCUT2D eigenvalue weighted by atomic mass is 10.1. The molecule has 1 heterocycles. The first-order valence-electron chi connectivity index (χ1n) is 8.04. The van der Waals surface area contributed by atoms with Crippen molar-refractivity contribution in [1.29, 1.82) is 0 Å². The molecule has 0 aliphatic carbocycles. The van der Waals surface area contributed by atoms with E-state index in [9.17, 15) is 4.79 Å². The number of anilines is 1. The van der Waals surface area contributed by atoms with E-state index in [1.54, 1.807) is 29.6 Å². The quantitative estimate of drug-likeness (QED) is 0.615. The monoisotopic (exact) mass is 381 g/mol. The molecular weight excluding hydrogens is 362 g/mol. The number of carbonyl (C=O) groups excluding carboxylic acids is 1. The average molecular weight is 382 g/mol. The Balaban J connectivity index is 2.06. The molecule has 3 aromatic rings. The van der Waals surface area contributed by atoms with Gasteiger partial charge in [-0.2, -0.15) is 0 Å². The van der Waals surface area contributed by atoms with E-state index in [1.165, 1.54) is 16.7 Å². The smallest absolute Gasteiger partial charge is 0.222 e. The summed E-state index contributed by atoms with van der Waals surface area (Å²) in [6, 6.07) is 18.1. The molecule has 6 heteroatoms. The molecule has 0 saturated heterocycles. The zero-order valence-corrected chi connectivity index (χ0v) is 16.4. The molecule has 0 bridgehead atoms. The van der Waals surface area contributed by atoms with Crippen LogP contribution in [0.4, 0.5) is 5.82 Å². The molecule has 0 spiro atoms. The van der Waals surface area contributed by atoms with Crippen LogP contribution in [0.25, 0.3) is 22.6 Å². The van der Waals surface area contributed by atoms with Crippen LogP contribution in [0.1, 0.15) is 6.92 Å². The zero-order valence-electron chi connectivity index (χ0n) is 14.8. The zero-order chi connectivity index (χ0) is 18.5. The van der Waals surface area contributed by atoms with Gasteiger partial charge in [0, 0.05) is 33.9 Å². The van der Waals surface area contributed by atoms with Gasteiger partial charge in [-0.1, -0.05) is 24.3 Å². The lowest BCUT2D eigenvalue weighted by Gasteiger charge is -2.10. The number of amides is 1. The van der Waals surface area contributed by atoms with Crippen LogP contribution in [-0.4, -0.2) is 28.4 Å². The van der Waals surface area contributed by atoms with Gasteiger partial charge in [0.2, 0.25) is 5.91 Å². The van der Waals surface area contributed by atoms with E-state index < -0.39 is 0 Å². The third-order valence-electron chi connectivity index (χ3n) is 3.76. The summed E-state index contributed by atoms with van der Waals surface area (Å²) in [5, 5.41) is 2.77. The number of rotatable bonds is 5. The van der Waals surface area contributed by atoms with Crippen LogP contribution in [0.2, 0.25) is 0 Å². The summed E-state index contributed by atoms with van der Waals surface area (Å²) in [6.07, 6.45) is 4.09. The molecule has 0 atom stereocenters. The van der Waals surface area contributed by atoms with Crippen LogP contribution in [0.3, 0.4) is 0 Å². The highest BCUT2D eigenvalue weighted by Gasteiger charge is 2.10. The summed E-state index contributed by atoms with van der Waals surface area (Å²) < 4.78 is 0. The van der Waals surface area contributed by atoms with Gasteiger partial charge >= 0.3 is 0 Å². The summed E-state index contributed by atoms with van der Waals surface area (Å²) in [5.41, 5.74) is 2.68. The molecule has 0 saturated carbocycles. The summed E-state index contributed by atoms with van der Waals surface area (Å²) >= 11 is 3.38. The van der Waals surface area contributed by atoms with Crippen LogP contribution < -0.4 is 5.32 Å². The largest absolute Gasteiger partial charge is 0.311 e. The van der Waals surface area contributed by atoms with E-state index in [0.29, 0.717) is 11.6 Å². The Kier molecular flexibility index (Phi) is 5.96. The molecule has 1 aromatic heterocycles. The maximum absolute atomic E-state index is 11.5. The average Bonchev–Trinajstić information content (AvgIpc) is 2.67. The molecule has 4 nitrogen and oxygen atoms in total. The van der Waals surface area contributed by atoms with Gasteiger partial charge in [0.05, 0.1) is 5.69 Å². The number of hydrogen-bond acceptors (Lipinski definition) is 5. The van der Waals surface area contributed by atoms with Crippen molar-refractivity contribution in [3.8, 4) is 22.6 Å². The summed E-state index contributed by atoms with van der Waals surface area (Å²) in [4.78, 5) is 23.1. The fraction of sp³-hybridized carbons (Fsp3) is 0.150. The molecular formula is C20H19N3OS2. The Hall–Kier alpha value is -2.31. The highest BCUT2D eigenvalue weighted by Crippen LogP contribution is 2.27. The van der Waals surface area contributed by atoms with E-state index in [4.69, 9.17) is 4.98 Å². The lowest BCUT2D eigenvalue weighted by molar-refractivity contribution is -0.114. The van der Waals surface area contributed by atoms with Crippen LogP contribution in [0.5, 0.6) is 0 Å². The number of thioether (sulfide) groups is 2. The molecule has 0 fully saturated rings. The van der Waals surface area contributed by atoms with Gasteiger partial charge in [0.1, 0.15) is 5.82 Å². The fourth-order valence-corrected chi connectivity index (χ4v) is 3.29. The SMILES string of the molecule is CSc1ccc(-c2cc(NC(C)=O)nc(-c3ccc(SC)cc3)n2)cc1. The molecule has 1 amide bonds.